The fourth-order valence-corrected chi connectivity index (χ4v) is 1.46. The summed E-state index contributed by atoms with van der Waals surface area (Å²) in [5.41, 5.74) is 5.98. The number of ether oxygens (including phenoxy) is 2. The molecular formula is C12H18FNO2. The SMILES string of the molecule is CCOc1cc(F)c(CCN)cc1OCC. The monoisotopic (exact) mass is 227 g/mol. The minimum absolute atomic E-state index is 0.294. The average Bonchev–Trinajstić information content (AvgIpc) is 2.25. The van der Waals surface area contributed by atoms with E-state index in [2.05, 4.69) is 0 Å². The van der Waals surface area contributed by atoms with Crippen molar-refractivity contribution in [3.63, 3.8) is 0 Å². The van der Waals surface area contributed by atoms with Gasteiger partial charge in [0.25, 0.3) is 0 Å². The summed E-state index contributed by atoms with van der Waals surface area (Å²) >= 11 is 0. The Morgan fingerprint density at radius 1 is 1.12 bits per heavy atom. The maximum Gasteiger partial charge on any atom is 0.164 e. The van der Waals surface area contributed by atoms with Crippen LogP contribution >= 0.6 is 0 Å². The molecule has 0 radical (unpaired) electrons. The van der Waals surface area contributed by atoms with Gasteiger partial charge in [-0.1, -0.05) is 0 Å². The third kappa shape index (κ3) is 3.10. The van der Waals surface area contributed by atoms with E-state index < -0.39 is 0 Å². The van der Waals surface area contributed by atoms with Crippen molar-refractivity contribution in [2.45, 2.75) is 20.3 Å². The standard InChI is InChI=1S/C12H18FNO2/c1-3-15-11-7-9(5-6-14)10(13)8-12(11)16-4-2/h7-8H,3-6,14H2,1-2H3. The van der Waals surface area contributed by atoms with Crippen LogP contribution in [0.2, 0.25) is 0 Å². The zero-order chi connectivity index (χ0) is 12.0. The molecule has 0 atom stereocenters. The van der Waals surface area contributed by atoms with Crippen LogP contribution in [0.25, 0.3) is 0 Å². The van der Waals surface area contributed by atoms with Gasteiger partial charge in [0.1, 0.15) is 5.82 Å². The minimum atomic E-state index is -0.294. The van der Waals surface area contributed by atoms with Crippen LogP contribution in [0.5, 0.6) is 11.5 Å². The molecule has 1 aromatic rings. The molecule has 3 nitrogen and oxygen atoms in total. The van der Waals surface area contributed by atoms with E-state index in [-0.39, 0.29) is 5.82 Å². The van der Waals surface area contributed by atoms with Crippen LogP contribution in [0.3, 0.4) is 0 Å². The van der Waals surface area contributed by atoms with Gasteiger partial charge < -0.3 is 15.2 Å². The van der Waals surface area contributed by atoms with E-state index in [1.807, 2.05) is 13.8 Å². The zero-order valence-corrected chi connectivity index (χ0v) is 9.75. The van der Waals surface area contributed by atoms with E-state index in [0.717, 1.165) is 0 Å². The Bertz CT molecular complexity index is 342. The molecule has 0 spiro atoms. The van der Waals surface area contributed by atoms with Crippen molar-refractivity contribution in [1.82, 2.24) is 0 Å². The summed E-state index contributed by atoms with van der Waals surface area (Å²) in [6.45, 7) is 5.14. The maximum absolute atomic E-state index is 13.6. The number of halogens is 1. The Balaban J connectivity index is 3.03. The Labute approximate surface area is 95.4 Å². The molecule has 0 unspecified atom stereocenters. The Kier molecular flexibility index (Phi) is 5.05. The van der Waals surface area contributed by atoms with Crippen molar-refractivity contribution in [3.05, 3.63) is 23.5 Å². The molecule has 0 aliphatic rings. The summed E-state index contributed by atoms with van der Waals surface area (Å²) in [5, 5.41) is 0. The van der Waals surface area contributed by atoms with Crippen LogP contribution in [-0.4, -0.2) is 19.8 Å². The maximum atomic E-state index is 13.6. The predicted octanol–water partition coefficient (Wildman–Crippen LogP) is 2.12. The highest BCUT2D eigenvalue weighted by molar-refractivity contribution is 5.44. The Morgan fingerprint density at radius 3 is 2.19 bits per heavy atom. The van der Waals surface area contributed by atoms with Crippen molar-refractivity contribution < 1.29 is 13.9 Å². The number of rotatable bonds is 6. The summed E-state index contributed by atoms with van der Waals surface area (Å²) in [7, 11) is 0. The molecule has 0 amide bonds. The normalized spacial score (nSPS) is 10.2. The Hall–Kier alpha value is -1.29. The first-order valence-electron chi connectivity index (χ1n) is 5.51. The van der Waals surface area contributed by atoms with Gasteiger partial charge in [0.2, 0.25) is 0 Å². The van der Waals surface area contributed by atoms with E-state index in [1.54, 1.807) is 6.07 Å². The summed E-state index contributed by atoms with van der Waals surface area (Å²) in [5.74, 6) is 0.731. The van der Waals surface area contributed by atoms with E-state index in [0.29, 0.717) is 43.2 Å². The Morgan fingerprint density at radius 2 is 1.69 bits per heavy atom. The van der Waals surface area contributed by atoms with Gasteiger partial charge >= 0.3 is 0 Å². The highest BCUT2D eigenvalue weighted by Gasteiger charge is 2.11. The molecule has 0 aromatic heterocycles. The molecule has 16 heavy (non-hydrogen) atoms. The average molecular weight is 227 g/mol. The van der Waals surface area contributed by atoms with Crippen LogP contribution in [0.4, 0.5) is 4.39 Å². The van der Waals surface area contributed by atoms with Crippen molar-refractivity contribution in [3.8, 4) is 11.5 Å². The molecule has 1 rings (SSSR count). The lowest BCUT2D eigenvalue weighted by Crippen LogP contribution is -2.06. The lowest BCUT2D eigenvalue weighted by molar-refractivity contribution is 0.285. The van der Waals surface area contributed by atoms with Crippen molar-refractivity contribution in [2.24, 2.45) is 5.73 Å². The van der Waals surface area contributed by atoms with E-state index in [4.69, 9.17) is 15.2 Å². The molecule has 2 N–H and O–H groups in total. The third-order valence-corrected chi connectivity index (χ3v) is 2.13. The minimum Gasteiger partial charge on any atom is -0.490 e. The lowest BCUT2D eigenvalue weighted by Gasteiger charge is -2.13. The van der Waals surface area contributed by atoms with Gasteiger partial charge in [0.05, 0.1) is 13.2 Å². The van der Waals surface area contributed by atoms with Crippen molar-refractivity contribution >= 4 is 0 Å². The first kappa shape index (κ1) is 12.8. The van der Waals surface area contributed by atoms with E-state index in [1.165, 1.54) is 6.07 Å². The fraction of sp³-hybridized carbons (Fsp3) is 0.500. The molecule has 4 heteroatoms. The molecule has 0 saturated heterocycles. The molecule has 90 valence electrons. The first-order chi connectivity index (χ1) is 7.72. The summed E-state index contributed by atoms with van der Waals surface area (Å²) in [4.78, 5) is 0. The molecular weight excluding hydrogens is 209 g/mol. The van der Waals surface area contributed by atoms with Gasteiger partial charge in [-0.15, -0.1) is 0 Å². The van der Waals surface area contributed by atoms with Crippen LogP contribution < -0.4 is 15.2 Å². The second-order valence-electron chi connectivity index (χ2n) is 3.30. The van der Waals surface area contributed by atoms with Gasteiger partial charge in [-0.05, 0) is 38.4 Å². The zero-order valence-electron chi connectivity index (χ0n) is 9.75. The summed E-state index contributed by atoms with van der Waals surface area (Å²) in [6, 6.07) is 3.02. The predicted molar refractivity (Wildman–Crippen MR) is 61.5 cm³/mol. The molecule has 0 fully saturated rings. The van der Waals surface area contributed by atoms with Crippen molar-refractivity contribution in [1.29, 1.82) is 0 Å². The molecule has 1 aromatic carbocycles. The molecule has 0 aliphatic carbocycles. The lowest BCUT2D eigenvalue weighted by atomic mass is 10.1. The number of nitrogens with two attached hydrogens (primary N) is 1. The smallest absolute Gasteiger partial charge is 0.164 e. The van der Waals surface area contributed by atoms with Gasteiger partial charge in [-0.25, -0.2) is 4.39 Å². The highest BCUT2D eigenvalue weighted by atomic mass is 19.1. The van der Waals surface area contributed by atoms with Gasteiger partial charge in [-0.3, -0.25) is 0 Å². The second-order valence-corrected chi connectivity index (χ2v) is 3.30. The number of benzene rings is 1. The van der Waals surface area contributed by atoms with Crippen LogP contribution in [-0.2, 0) is 6.42 Å². The van der Waals surface area contributed by atoms with Gasteiger partial charge in [0, 0.05) is 6.07 Å². The number of hydrogen-bond acceptors (Lipinski definition) is 3. The molecule has 0 aliphatic heterocycles. The highest BCUT2D eigenvalue weighted by Crippen LogP contribution is 2.30. The first-order valence-corrected chi connectivity index (χ1v) is 5.51. The van der Waals surface area contributed by atoms with E-state index >= 15 is 0 Å². The van der Waals surface area contributed by atoms with Crippen LogP contribution in [0.15, 0.2) is 12.1 Å². The van der Waals surface area contributed by atoms with Gasteiger partial charge in [0.15, 0.2) is 11.5 Å². The summed E-state index contributed by atoms with van der Waals surface area (Å²) in [6.07, 6.45) is 0.498. The topological polar surface area (TPSA) is 44.5 Å². The number of hydrogen-bond donors (Lipinski definition) is 1. The van der Waals surface area contributed by atoms with Crippen molar-refractivity contribution in [2.75, 3.05) is 19.8 Å². The van der Waals surface area contributed by atoms with E-state index in [9.17, 15) is 4.39 Å². The van der Waals surface area contributed by atoms with Crippen LogP contribution in [0.1, 0.15) is 19.4 Å². The largest absolute Gasteiger partial charge is 0.490 e. The molecule has 0 saturated carbocycles. The second kappa shape index (κ2) is 6.33. The quantitative estimate of drug-likeness (QED) is 0.809. The fourth-order valence-electron chi connectivity index (χ4n) is 1.46. The summed E-state index contributed by atoms with van der Waals surface area (Å²) < 4.78 is 24.3. The third-order valence-electron chi connectivity index (χ3n) is 2.13. The van der Waals surface area contributed by atoms with Crippen LogP contribution in [0, 0.1) is 5.82 Å². The molecule has 0 heterocycles. The molecule has 0 bridgehead atoms. The van der Waals surface area contributed by atoms with Gasteiger partial charge in [-0.2, -0.15) is 0 Å².